The summed E-state index contributed by atoms with van der Waals surface area (Å²) in [6, 6.07) is 0. The summed E-state index contributed by atoms with van der Waals surface area (Å²) in [5, 5.41) is 16.0. The van der Waals surface area contributed by atoms with Crippen molar-refractivity contribution in [3.8, 4) is 0 Å². The number of anilines is 1. The summed E-state index contributed by atoms with van der Waals surface area (Å²) in [5.74, 6) is 0.862. The van der Waals surface area contributed by atoms with Crippen molar-refractivity contribution in [2.75, 3.05) is 18.5 Å². The first-order chi connectivity index (χ1) is 10.8. The zero-order valence-corrected chi connectivity index (χ0v) is 15.0. The molecule has 0 bridgehead atoms. The molecule has 5 nitrogen and oxygen atoms in total. The lowest BCUT2D eigenvalue weighted by Crippen LogP contribution is -2.18. The third-order valence-electron chi connectivity index (χ3n) is 3.32. The molecule has 1 aliphatic rings. The Bertz CT molecular complexity index is 580. The lowest BCUT2D eigenvalue weighted by Gasteiger charge is -2.08. The van der Waals surface area contributed by atoms with Crippen molar-refractivity contribution in [1.29, 1.82) is 0 Å². The van der Waals surface area contributed by atoms with Gasteiger partial charge in [-0.1, -0.05) is 30.0 Å². The van der Waals surface area contributed by atoms with Crippen molar-refractivity contribution in [2.24, 2.45) is 0 Å². The van der Waals surface area contributed by atoms with Crippen LogP contribution < -0.4 is 5.32 Å². The Labute approximate surface area is 142 Å². The number of aryl methyl sites for hydroxylation is 1. The molecule has 0 saturated carbocycles. The van der Waals surface area contributed by atoms with E-state index in [4.69, 9.17) is 4.74 Å². The Hall–Kier alpha value is -0.700. The predicted molar refractivity (Wildman–Crippen MR) is 93.0 cm³/mol. The van der Waals surface area contributed by atoms with E-state index in [1.807, 2.05) is 0 Å². The predicted octanol–water partition coefficient (Wildman–Crippen LogP) is 3.83. The molecule has 3 rings (SSSR count). The van der Waals surface area contributed by atoms with Gasteiger partial charge in [-0.05, 0) is 25.7 Å². The normalized spacial score (nSPS) is 18.0. The number of hydrogen-bond acceptors (Lipinski definition) is 8. The van der Waals surface area contributed by atoms with E-state index in [0.29, 0.717) is 6.10 Å². The van der Waals surface area contributed by atoms with E-state index in [9.17, 15) is 0 Å². The second-order valence-corrected chi connectivity index (χ2v) is 8.30. The molecule has 1 N–H and O–H groups in total. The van der Waals surface area contributed by atoms with Crippen LogP contribution in [-0.2, 0) is 16.9 Å². The van der Waals surface area contributed by atoms with Crippen LogP contribution in [0, 0.1) is 0 Å². The summed E-state index contributed by atoms with van der Waals surface area (Å²) < 4.78 is 6.58. The molecule has 2 aromatic heterocycles. The number of thiazole rings is 1. The van der Waals surface area contributed by atoms with E-state index in [-0.39, 0.29) is 0 Å². The highest BCUT2D eigenvalue weighted by Crippen LogP contribution is 2.29. The van der Waals surface area contributed by atoms with Crippen LogP contribution in [0.5, 0.6) is 0 Å². The molecule has 1 fully saturated rings. The van der Waals surface area contributed by atoms with Gasteiger partial charge in [0.2, 0.25) is 5.13 Å². The molecule has 1 aliphatic heterocycles. The molecule has 8 heteroatoms. The van der Waals surface area contributed by atoms with Gasteiger partial charge in [0.25, 0.3) is 0 Å². The van der Waals surface area contributed by atoms with Crippen molar-refractivity contribution in [2.45, 2.75) is 48.8 Å². The zero-order valence-electron chi connectivity index (χ0n) is 12.6. The minimum absolute atomic E-state index is 0.326. The minimum atomic E-state index is 0.326. The number of aromatic nitrogens is 3. The number of nitrogens with zero attached hydrogens (tertiary/aromatic N) is 3. The topological polar surface area (TPSA) is 59.9 Å². The molecule has 2 aromatic rings. The lowest BCUT2D eigenvalue weighted by atomic mass is 10.2. The second kappa shape index (κ2) is 8.24. The van der Waals surface area contributed by atoms with E-state index in [0.717, 1.165) is 59.8 Å². The molecule has 120 valence electrons. The molecule has 0 aliphatic carbocycles. The molecule has 0 aromatic carbocycles. The van der Waals surface area contributed by atoms with Crippen LogP contribution in [0.15, 0.2) is 9.72 Å². The van der Waals surface area contributed by atoms with Gasteiger partial charge in [0.1, 0.15) is 0 Å². The van der Waals surface area contributed by atoms with Crippen LogP contribution in [0.4, 0.5) is 5.13 Å². The van der Waals surface area contributed by atoms with Gasteiger partial charge < -0.3 is 10.1 Å². The van der Waals surface area contributed by atoms with Gasteiger partial charge in [0, 0.05) is 24.3 Å². The first kappa shape index (κ1) is 16.2. The summed E-state index contributed by atoms with van der Waals surface area (Å²) in [7, 11) is 0. The number of rotatable bonds is 8. The smallest absolute Gasteiger partial charge is 0.206 e. The van der Waals surface area contributed by atoms with Crippen LogP contribution in [-0.4, -0.2) is 34.4 Å². The quantitative estimate of drug-likeness (QED) is 0.725. The summed E-state index contributed by atoms with van der Waals surface area (Å²) in [5.41, 5.74) is 1.14. The molecule has 22 heavy (non-hydrogen) atoms. The summed E-state index contributed by atoms with van der Waals surface area (Å²) in [6.45, 7) is 3.89. The maximum absolute atomic E-state index is 5.59. The average molecular weight is 357 g/mol. The Morgan fingerprint density at radius 2 is 2.41 bits per heavy atom. The molecule has 0 amide bonds. The van der Waals surface area contributed by atoms with Crippen molar-refractivity contribution in [1.82, 2.24) is 15.2 Å². The summed E-state index contributed by atoms with van der Waals surface area (Å²) in [6.07, 6.45) is 4.85. The van der Waals surface area contributed by atoms with Gasteiger partial charge in [0.15, 0.2) is 4.34 Å². The van der Waals surface area contributed by atoms with E-state index in [2.05, 4.69) is 32.8 Å². The van der Waals surface area contributed by atoms with Gasteiger partial charge in [-0.25, -0.2) is 4.98 Å². The van der Waals surface area contributed by atoms with Gasteiger partial charge in [-0.15, -0.1) is 21.5 Å². The Balaban J connectivity index is 1.44. The van der Waals surface area contributed by atoms with E-state index in [1.165, 1.54) is 5.01 Å². The molecule has 1 unspecified atom stereocenters. The highest BCUT2D eigenvalue weighted by molar-refractivity contribution is 8.00. The van der Waals surface area contributed by atoms with Gasteiger partial charge in [-0.3, -0.25) is 0 Å². The zero-order chi connectivity index (χ0) is 15.2. The van der Waals surface area contributed by atoms with E-state index < -0.39 is 0 Å². The average Bonchev–Trinajstić information content (AvgIpc) is 3.26. The fraction of sp³-hybridized carbons (Fsp3) is 0.643. The third kappa shape index (κ3) is 4.65. The monoisotopic (exact) mass is 356 g/mol. The van der Waals surface area contributed by atoms with Crippen molar-refractivity contribution in [3.63, 3.8) is 0 Å². The van der Waals surface area contributed by atoms with Crippen LogP contribution in [0.2, 0.25) is 0 Å². The van der Waals surface area contributed by atoms with E-state index >= 15 is 0 Å². The standard InChI is InChI=1S/C14H20N4OS3/c1-2-4-12-16-10(8-20-12)9-21-14-18-17-13(22-14)15-7-11-5-3-6-19-11/h8,11H,2-7,9H2,1H3,(H,15,17). The number of ether oxygens (including phenoxy) is 1. The SMILES string of the molecule is CCCc1nc(CSc2nnc(NCC3CCCO3)s2)cs1. The third-order valence-corrected chi connectivity index (χ3v) is 6.32. The maximum atomic E-state index is 5.59. The highest BCUT2D eigenvalue weighted by atomic mass is 32.2. The minimum Gasteiger partial charge on any atom is -0.376 e. The van der Waals surface area contributed by atoms with Gasteiger partial charge in [-0.2, -0.15) is 0 Å². The van der Waals surface area contributed by atoms with Crippen molar-refractivity contribution < 1.29 is 4.74 Å². The Morgan fingerprint density at radius 3 is 3.23 bits per heavy atom. The highest BCUT2D eigenvalue weighted by Gasteiger charge is 2.16. The fourth-order valence-corrected chi connectivity index (χ4v) is 4.88. The molecule has 0 radical (unpaired) electrons. The molecule has 0 spiro atoms. The summed E-state index contributed by atoms with van der Waals surface area (Å²) in [4.78, 5) is 4.63. The molecule has 1 atom stereocenters. The van der Waals surface area contributed by atoms with Crippen LogP contribution in [0.3, 0.4) is 0 Å². The first-order valence-corrected chi connectivity index (χ1v) is 10.3. The fourth-order valence-electron chi connectivity index (χ4n) is 2.23. The molecular formula is C14H20N4OS3. The summed E-state index contributed by atoms with van der Waals surface area (Å²) >= 11 is 5.06. The largest absolute Gasteiger partial charge is 0.376 e. The van der Waals surface area contributed by atoms with Crippen LogP contribution in [0.25, 0.3) is 0 Å². The number of nitrogens with one attached hydrogen (secondary N) is 1. The number of thioether (sulfide) groups is 1. The Morgan fingerprint density at radius 1 is 1.45 bits per heavy atom. The van der Waals surface area contributed by atoms with Crippen molar-refractivity contribution >= 4 is 39.6 Å². The van der Waals surface area contributed by atoms with E-state index in [1.54, 1.807) is 34.4 Å². The van der Waals surface area contributed by atoms with Gasteiger partial charge >= 0.3 is 0 Å². The van der Waals surface area contributed by atoms with Crippen LogP contribution >= 0.6 is 34.4 Å². The van der Waals surface area contributed by atoms with Crippen molar-refractivity contribution in [3.05, 3.63) is 16.1 Å². The second-order valence-electron chi connectivity index (χ2n) is 5.16. The van der Waals surface area contributed by atoms with Gasteiger partial charge in [0.05, 0.1) is 16.8 Å². The molecule has 1 saturated heterocycles. The molecule has 3 heterocycles. The first-order valence-electron chi connectivity index (χ1n) is 7.58. The lowest BCUT2D eigenvalue weighted by molar-refractivity contribution is 0.120. The molecular weight excluding hydrogens is 336 g/mol. The maximum Gasteiger partial charge on any atom is 0.206 e. The number of hydrogen-bond donors (Lipinski definition) is 1. The Kier molecular flexibility index (Phi) is 6.05. The van der Waals surface area contributed by atoms with Crippen LogP contribution in [0.1, 0.15) is 36.9 Å².